The van der Waals surface area contributed by atoms with Gasteiger partial charge in [0.1, 0.15) is 11.6 Å². The molecule has 7 heteroatoms. The molecule has 0 aliphatic carbocycles. The van der Waals surface area contributed by atoms with E-state index >= 15 is 0 Å². The third kappa shape index (κ3) is 3.64. The first-order chi connectivity index (χ1) is 13.0. The lowest BCUT2D eigenvalue weighted by Crippen LogP contribution is -2.48. The second-order valence-electron chi connectivity index (χ2n) is 5.96. The molecule has 0 saturated heterocycles. The number of ether oxygens (including phenoxy) is 2. The van der Waals surface area contributed by atoms with E-state index in [1.807, 2.05) is 24.3 Å². The van der Waals surface area contributed by atoms with Crippen LogP contribution >= 0.6 is 12.2 Å². The number of nitrogens with one attached hydrogen (secondary N) is 1. The van der Waals surface area contributed by atoms with Crippen LogP contribution in [0, 0.1) is 5.82 Å². The number of allylic oxidation sites excluding steroid dienone is 1. The first kappa shape index (κ1) is 18.8. The van der Waals surface area contributed by atoms with Gasteiger partial charge in [0.15, 0.2) is 5.11 Å². The van der Waals surface area contributed by atoms with Crippen molar-refractivity contribution < 1.29 is 18.7 Å². The van der Waals surface area contributed by atoms with Gasteiger partial charge < -0.3 is 14.8 Å². The molecule has 1 heterocycles. The molecule has 2 aromatic rings. The molecule has 1 unspecified atom stereocenters. The van der Waals surface area contributed by atoms with Crippen molar-refractivity contribution in [2.75, 3.05) is 19.1 Å². The number of nitrogens with zero attached hydrogens (tertiary/aromatic N) is 1. The highest BCUT2D eigenvalue weighted by atomic mass is 32.1. The molecule has 2 aromatic carbocycles. The van der Waals surface area contributed by atoms with Gasteiger partial charge in [0.25, 0.3) is 0 Å². The summed E-state index contributed by atoms with van der Waals surface area (Å²) in [6.07, 6.45) is 0. The van der Waals surface area contributed by atoms with Crippen molar-refractivity contribution in [1.82, 2.24) is 5.32 Å². The highest BCUT2D eigenvalue weighted by Gasteiger charge is 2.35. The molecule has 3 rings (SSSR count). The number of carbonyl (C=O) groups is 1. The second kappa shape index (κ2) is 7.75. The maximum absolute atomic E-state index is 13.3. The van der Waals surface area contributed by atoms with Gasteiger partial charge in [-0.25, -0.2) is 9.18 Å². The van der Waals surface area contributed by atoms with E-state index in [-0.39, 0.29) is 5.82 Å². The summed E-state index contributed by atoms with van der Waals surface area (Å²) in [6, 6.07) is 12.7. The highest BCUT2D eigenvalue weighted by Crippen LogP contribution is 2.34. The number of anilines is 1. The van der Waals surface area contributed by atoms with Crippen LogP contribution in [0.15, 0.2) is 59.8 Å². The number of methoxy groups -OCH3 is 2. The normalized spacial score (nSPS) is 16.8. The predicted molar refractivity (Wildman–Crippen MR) is 105 cm³/mol. The summed E-state index contributed by atoms with van der Waals surface area (Å²) in [5.41, 5.74) is 2.55. The van der Waals surface area contributed by atoms with Gasteiger partial charge in [-0.15, -0.1) is 0 Å². The fraction of sp³-hybridized carbons (Fsp3) is 0.200. The van der Waals surface area contributed by atoms with Crippen LogP contribution in [0.4, 0.5) is 10.1 Å². The van der Waals surface area contributed by atoms with E-state index < -0.39 is 12.0 Å². The Hall–Kier alpha value is -2.93. The van der Waals surface area contributed by atoms with Crippen LogP contribution in [0.1, 0.15) is 18.5 Å². The minimum Gasteiger partial charge on any atom is -0.497 e. The van der Waals surface area contributed by atoms with Crippen LogP contribution in [0.3, 0.4) is 0 Å². The number of hydrogen-bond donors (Lipinski definition) is 1. The van der Waals surface area contributed by atoms with Crippen LogP contribution in [-0.4, -0.2) is 25.3 Å². The third-order valence-electron chi connectivity index (χ3n) is 4.42. The molecular formula is C20H19FN2O3S. The van der Waals surface area contributed by atoms with Crippen molar-refractivity contribution in [2.45, 2.75) is 13.0 Å². The Bertz CT molecular complexity index is 894. The maximum atomic E-state index is 13.3. The zero-order valence-corrected chi connectivity index (χ0v) is 16.0. The lowest BCUT2D eigenvalue weighted by molar-refractivity contribution is -0.136. The molecule has 27 heavy (non-hydrogen) atoms. The Balaban J connectivity index is 2.09. The van der Waals surface area contributed by atoms with Gasteiger partial charge in [0.05, 0.1) is 25.8 Å². The summed E-state index contributed by atoms with van der Waals surface area (Å²) in [5.74, 6) is -0.110. The Kier molecular flexibility index (Phi) is 5.41. The van der Waals surface area contributed by atoms with E-state index in [2.05, 4.69) is 5.32 Å². The van der Waals surface area contributed by atoms with Crippen LogP contribution in [-0.2, 0) is 9.53 Å². The Labute approximate surface area is 162 Å². The molecule has 140 valence electrons. The van der Waals surface area contributed by atoms with E-state index in [1.54, 1.807) is 31.1 Å². The van der Waals surface area contributed by atoms with Gasteiger partial charge in [0, 0.05) is 11.4 Å². The number of halogens is 1. The molecule has 0 saturated carbocycles. The van der Waals surface area contributed by atoms with Crippen LogP contribution < -0.4 is 15.0 Å². The molecular weight excluding hydrogens is 367 g/mol. The van der Waals surface area contributed by atoms with E-state index in [1.165, 1.54) is 19.2 Å². The van der Waals surface area contributed by atoms with Crippen molar-refractivity contribution in [1.29, 1.82) is 0 Å². The van der Waals surface area contributed by atoms with Gasteiger partial charge in [-0.2, -0.15) is 0 Å². The summed E-state index contributed by atoms with van der Waals surface area (Å²) >= 11 is 5.55. The number of benzene rings is 2. The number of carbonyl (C=O) groups excluding carboxylic acids is 1. The zero-order valence-electron chi connectivity index (χ0n) is 15.2. The maximum Gasteiger partial charge on any atom is 0.337 e. The molecule has 0 bridgehead atoms. The summed E-state index contributed by atoms with van der Waals surface area (Å²) in [5, 5.41) is 3.60. The van der Waals surface area contributed by atoms with Crippen LogP contribution in [0.25, 0.3) is 0 Å². The van der Waals surface area contributed by atoms with E-state index in [4.69, 9.17) is 21.7 Å². The van der Waals surface area contributed by atoms with E-state index in [0.29, 0.717) is 27.7 Å². The van der Waals surface area contributed by atoms with Gasteiger partial charge >= 0.3 is 5.97 Å². The summed E-state index contributed by atoms with van der Waals surface area (Å²) in [6.45, 7) is 1.81. The average Bonchev–Trinajstić information content (AvgIpc) is 2.68. The fourth-order valence-electron chi connectivity index (χ4n) is 3.06. The quantitative estimate of drug-likeness (QED) is 0.639. The standard InChI is InChI=1S/C20H19FN2O3S/c1-12-17(19(24)26-3)18(13-4-6-14(21)7-5-13)22-20(27)23(12)15-8-10-16(25-2)11-9-15/h4-11,18H,1-3H3,(H,22,27). The Morgan fingerprint density at radius 2 is 1.74 bits per heavy atom. The lowest BCUT2D eigenvalue weighted by Gasteiger charge is -2.37. The number of esters is 1. The number of hydrogen-bond acceptors (Lipinski definition) is 4. The topological polar surface area (TPSA) is 50.8 Å². The molecule has 1 atom stereocenters. The predicted octanol–water partition coefficient (Wildman–Crippen LogP) is 3.72. The minimum atomic E-state index is -0.528. The molecule has 1 N–H and O–H groups in total. The minimum absolute atomic E-state index is 0.350. The largest absolute Gasteiger partial charge is 0.497 e. The monoisotopic (exact) mass is 386 g/mol. The van der Waals surface area contributed by atoms with Crippen molar-refractivity contribution in [3.63, 3.8) is 0 Å². The molecule has 0 fully saturated rings. The van der Waals surface area contributed by atoms with Crippen molar-refractivity contribution in [2.24, 2.45) is 0 Å². The average molecular weight is 386 g/mol. The highest BCUT2D eigenvalue weighted by molar-refractivity contribution is 7.80. The smallest absolute Gasteiger partial charge is 0.337 e. The molecule has 1 aliphatic rings. The van der Waals surface area contributed by atoms with Crippen molar-refractivity contribution >= 4 is 29.0 Å². The summed E-state index contributed by atoms with van der Waals surface area (Å²) in [4.78, 5) is 14.3. The van der Waals surface area contributed by atoms with E-state index in [0.717, 1.165) is 5.69 Å². The molecule has 5 nitrogen and oxygen atoms in total. The number of thiocarbonyl (C=S) groups is 1. The zero-order chi connectivity index (χ0) is 19.6. The van der Waals surface area contributed by atoms with E-state index in [9.17, 15) is 9.18 Å². The Morgan fingerprint density at radius 1 is 1.11 bits per heavy atom. The van der Waals surface area contributed by atoms with Crippen LogP contribution in [0.5, 0.6) is 5.75 Å². The number of rotatable bonds is 4. The molecule has 0 amide bonds. The second-order valence-corrected chi connectivity index (χ2v) is 6.34. The molecule has 0 radical (unpaired) electrons. The third-order valence-corrected chi connectivity index (χ3v) is 4.72. The van der Waals surface area contributed by atoms with Crippen molar-refractivity contribution in [3.8, 4) is 5.75 Å². The Morgan fingerprint density at radius 3 is 2.30 bits per heavy atom. The molecule has 1 aliphatic heterocycles. The summed E-state index contributed by atoms with van der Waals surface area (Å²) in [7, 11) is 2.92. The first-order valence-corrected chi connectivity index (χ1v) is 8.66. The van der Waals surface area contributed by atoms with Gasteiger partial charge in [-0.05, 0) is 61.1 Å². The summed E-state index contributed by atoms with van der Waals surface area (Å²) < 4.78 is 23.5. The van der Waals surface area contributed by atoms with Crippen molar-refractivity contribution in [3.05, 3.63) is 71.2 Å². The fourth-order valence-corrected chi connectivity index (χ4v) is 3.42. The van der Waals surface area contributed by atoms with Crippen LogP contribution in [0.2, 0.25) is 0 Å². The molecule has 0 spiro atoms. The first-order valence-electron chi connectivity index (χ1n) is 8.25. The molecule has 0 aromatic heterocycles. The van der Waals surface area contributed by atoms with Gasteiger partial charge in [-0.3, -0.25) is 4.90 Å². The van der Waals surface area contributed by atoms with Gasteiger partial charge in [0.2, 0.25) is 0 Å². The lowest BCUT2D eigenvalue weighted by atomic mass is 9.95. The SMILES string of the molecule is COC(=O)C1=C(C)N(c2ccc(OC)cc2)C(=S)NC1c1ccc(F)cc1. The van der Waals surface area contributed by atoms with Gasteiger partial charge in [-0.1, -0.05) is 12.1 Å².